The minimum absolute atomic E-state index is 0.0980. The lowest BCUT2D eigenvalue weighted by atomic mass is 10.1. The van der Waals surface area contributed by atoms with Crippen molar-refractivity contribution in [1.29, 1.82) is 0 Å². The van der Waals surface area contributed by atoms with Gasteiger partial charge in [-0.05, 0) is 17.7 Å². The van der Waals surface area contributed by atoms with Crippen LogP contribution in [0.2, 0.25) is 0 Å². The second-order valence-corrected chi connectivity index (χ2v) is 3.36. The summed E-state index contributed by atoms with van der Waals surface area (Å²) in [6.45, 7) is 0.0980. The molecule has 0 saturated heterocycles. The van der Waals surface area contributed by atoms with Gasteiger partial charge in [0.2, 0.25) is 0 Å². The SMILES string of the molecule is CN(C)c1ccc([C@@H](O)CN)cc1F. The zero-order chi connectivity index (χ0) is 10.7. The van der Waals surface area contributed by atoms with Gasteiger partial charge >= 0.3 is 0 Å². The molecule has 3 N–H and O–H groups in total. The van der Waals surface area contributed by atoms with Crippen molar-refractivity contribution < 1.29 is 9.50 Å². The third kappa shape index (κ3) is 2.21. The monoisotopic (exact) mass is 198 g/mol. The topological polar surface area (TPSA) is 49.5 Å². The Morgan fingerprint density at radius 2 is 2.14 bits per heavy atom. The lowest BCUT2D eigenvalue weighted by molar-refractivity contribution is 0.186. The van der Waals surface area contributed by atoms with E-state index < -0.39 is 6.10 Å². The molecule has 0 aliphatic heterocycles. The average molecular weight is 198 g/mol. The van der Waals surface area contributed by atoms with Crippen molar-refractivity contribution in [3.05, 3.63) is 29.6 Å². The molecule has 3 nitrogen and oxygen atoms in total. The van der Waals surface area contributed by atoms with Gasteiger partial charge in [0.15, 0.2) is 0 Å². The van der Waals surface area contributed by atoms with E-state index in [1.807, 2.05) is 0 Å². The maximum Gasteiger partial charge on any atom is 0.146 e. The summed E-state index contributed by atoms with van der Waals surface area (Å²) in [5, 5.41) is 9.38. The number of hydrogen-bond acceptors (Lipinski definition) is 3. The van der Waals surface area contributed by atoms with E-state index in [0.717, 1.165) is 0 Å². The molecule has 0 aliphatic rings. The van der Waals surface area contributed by atoms with Crippen molar-refractivity contribution in [2.45, 2.75) is 6.10 Å². The third-order valence-electron chi connectivity index (χ3n) is 2.06. The van der Waals surface area contributed by atoms with Crippen molar-refractivity contribution in [3.8, 4) is 0 Å². The van der Waals surface area contributed by atoms with Crippen LogP contribution in [-0.4, -0.2) is 25.7 Å². The lowest BCUT2D eigenvalue weighted by Gasteiger charge is -2.15. The standard InChI is InChI=1S/C10H15FN2O/c1-13(2)9-4-3-7(5-8(9)11)10(14)6-12/h3-5,10,14H,6,12H2,1-2H3/t10-/m0/s1. The molecule has 1 atom stereocenters. The van der Waals surface area contributed by atoms with Gasteiger partial charge in [-0.3, -0.25) is 0 Å². The maximum atomic E-state index is 13.4. The van der Waals surface area contributed by atoms with Crippen molar-refractivity contribution >= 4 is 5.69 Å². The summed E-state index contributed by atoms with van der Waals surface area (Å²) in [5.74, 6) is -0.347. The molecule has 0 unspecified atom stereocenters. The molecule has 0 aliphatic carbocycles. The Labute approximate surface area is 83.0 Å². The van der Waals surface area contributed by atoms with Crippen molar-refractivity contribution in [1.82, 2.24) is 0 Å². The van der Waals surface area contributed by atoms with Crippen LogP contribution in [0.1, 0.15) is 11.7 Å². The lowest BCUT2D eigenvalue weighted by Crippen LogP contribution is -2.14. The highest BCUT2D eigenvalue weighted by atomic mass is 19.1. The highest BCUT2D eigenvalue weighted by Gasteiger charge is 2.09. The summed E-state index contributed by atoms with van der Waals surface area (Å²) >= 11 is 0. The predicted octanol–water partition coefficient (Wildman–Crippen LogP) is 0.884. The van der Waals surface area contributed by atoms with Gasteiger partial charge in [-0.25, -0.2) is 4.39 Å². The number of nitrogens with zero attached hydrogens (tertiary/aromatic N) is 1. The minimum Gasteiger partial charge on any atom is -0.387 e. The minimum atomic E-state index is -0.791. The third-order valence-corrected chi connectivity index (χ3v) is 2.06. The number of benzene rings is 1. The molecule has 0 saturated carbocycles. The summed E-state index contributed by atoms with van der Waals surface area (Å²) in [6, 6.07) is 4.62. The summed E-state index contributed by atoms with van der Waals surface area (Å²) in [6.07, 6.45) is -0.791. The number of aliphatic hydroxyl groups is 1. The van der Waals surface area contributed by atoms with Gasteiger partial charge < -0.3 is 15.7 Å². The van der Waals surface area contributed by atoms with Crippen LogP contribution in [0, 0.1) is 5.82 Å². The smallest absolute Gasteiger partial charge is 0.146 e. The predicted molar refractivity (Wildman–Crippen MR) is 54.7 cm³/mol. The van der Waals surface area contributed by atoms with Gasteiger partial charge in [-0.2, -0.15) is 0 Å². The van der Waals surface area contributed by atoms with Crippen LogP contribution in [0.25, 0.3) is 0 Å². The second kappa shape index (κ2) is 4.39. The normalized spacial score (nSPS) is 12.6. The van der Waals surface area contributed by atoms with Crippen LogP contribution in [0.4, 0.5) is 10.1 Å². The van der Waals surface area contributed by atoms with Gasteiger partial charge in [0.25, 0.3) is 0 Å². The zero-order valence-electron chi connectivity index (χ0n) is 8.37. The van der Waals surface area contributed by atoms with E-state index in [2.05, 4.69) is 0 Å². The fourth-order valence-corrected chi connectivity index (χ4v) is 1.23. The molecule has 0 fully saturated rings. The van der Waals surface area contributed by atoms with Crippen molar-refractivity contribution in [3.63, 3.8) is 0 Å². The molecule has 0 aromatic heterocycles. The van der Waals surface area contributed by atoms with Gasteiger partial charge in [-0.15, -0.1) is 0 Å². The van der Waals surface area contributed by atoms with E-state index in [-0.39, 0.29) is 12.4 Å². The van der Waals surface area contributed by atoms with E-state index in [9.17, 15) is 9.50 Å². The average Bonchev–Trinajstić information content (AvgIpc) is 2.15. The van der Waals surface area contributed by atoms with Crippen molar-refractivity contribution in [2.75, 3.05) is 25.5 Å². The first kappa shape index (κ1) is 10.9. The van der Waals surface area contributed by atoms with E-state index in [0.29, 0.717) is 11.3 Å². The summed E-state index contributed by atoms with van der Waals surface area (Å²) < 4.78 is 13.4. The van der Waals surface area contributed by atoms with Gasteiger partial charge in [0, 0.05) is 20.6 Å². The van der Waals surface area contributed by atoms with Crippen LogP contribution in [0.15, 0.2) is 18.2 Å². The quantitative estimate of drug-likeness (QED) is 0.758. The Kier molecular flexibility index (Phi) is 3.43. The highest BCUT2D eigenvalue weighted by molar-refractivity contribution is 5.48. The Morgan fingerprint density at radius 1 is 1.50 bits per heavy atom. The Hall–Kier alpha value is -1.13. The zero-order valence-corrected chi connectivity index (χ0v) is 8.37. The van der Waals surface area contributed by atoms with E-state index >= 15 is 0 Å². The van der Waals surface area contributed by atoms with Crippen LogP contribution in [0.3, 0.4) is 0 Å². The summed E-state index contributed by atoms with van der Waals surface area (Å²) in [7, 11) is 3.52. The van der Waals surface area contributed by atoms with E-state index in [1.54, 1.807) is 31.1 Å². The molecule has 0 spiro atoms. The fraction of sp³-hybridized carbons (Fsp3) is 0.400. The molecule has 1 aromatic rings. The number of nitrogens with two attached hydrogens (primary N) is 1. The maximum absolute atomic E-state index is 13.4. The first-order valence-electron chi connectivity index (χ1n) is 4.41. The molecule has 4 heteroatoms. The molecular formula is C10H15FN2O. The van der Waals surface area contributed by atoms with Crippen LogP contribution >= 0.6 is 0 Å². The highest BCUT2D eigenvalue weighted by Crippen LogP contribution is 2.21. The number of hydrogen-bond donors (Lipinski definition) is 2. The fourth-order valence-electron chi connectivity index (χ4n) is 1.23. The first-order chi connectivity index (χ1) is 6.56. The molecule has 14 heavy (non-hydrogen) atoms. The van der Waals surface area contributed by atoms with E-state index in [1.165, 1.54) is 6.07 Å². The molecule has 0 amide bonds. The van der Waals surface area contributed by atoms with Crippen LogP contribution < -0.4 is 10.6 Å². The molecule has 78 valence electrons. The van der Waals surface area contributed by atoms with Gasteiger partial charge in [-0.1, -0.05) is 6.07 Å². The first-order valence-corrected chi connectivity index (χ1v) is 4.41. The largest absolute Gasteiger partial charge is 0.387 e. The van der Waals surface area contributed by atoms with Gasteiger partial charge in [0.05, 0.1) is 11.8 Å². The van der Waals surface area contributed by atoms with Crippen molar-refractivity contribution in [2.24, 2.45) is 5.73 Å². The Morgan fingerprint density at radius 3 is 2.57 bits per heavy atom. The number of anilines is 1. The van der Waals surface area contributed by atoms with Crippen LogP contribution in [0.5, 0.6) is 0 Å². The number of rotatable bonds is 3. The molecule has 0 bridgehead atoms. The summed E-state index contributed by atoms with van der Waals surface area (Å²) in [5.41, 5.74) is 6.28. The van der Waals surface area contributed by atoms with Crippen LogP contribution in [-0.2, 0) is 0 Å². The molecule has 0 radical (unpaired) electrons. The van der Waals surface area contributed by atoms with Gasteiger partial charge in [0.1, 0.15) is 5.82 Å². The summed E-state index contributed by atoms with van der Waals surface area (Å²) in [4.78, 5) is 1.67. The number of halogens is 1. The molecule has 0 heterocycles. The second-order valence-electron chi connectivity index (χ2n) is 3.36. The molecule has 1 rings (SSSR count). The number of aliphatic hydroxyl groups excluding tert-OH is 1. The molecular weight excluding hydrogens is 183 g/mol. The van der Waals surface area contributed by atoms with E-state index in [4.69, 9.17) is 5.73 Å². The Balaban J connectivity index is 3.00. The molecule has 1 aromatic carbocycles. The Bertz CT molecular complexity index is 315.